The second kappa shape index (κ2) is 5.66. The van der Waals surface area contributed by atoms with Gasteiger partial charge in [-0.05, 0) is 19.8 Å². The van der Waals surface area contributed by atoms with E-state index in [-0.39, 0.29) is 5.92 Å². The molecule has 1 aromatic rings. The first-order valence-electron chi connectivity index (χ1n) is 5.85. The zero-order chi connectivity index (χ0) is 13.9. The van der Waals surface area contributed by atoms with E-state index in [0.29, 0.717) is 23.4 Å². The third kappa shape index (κ3) is 2.88. The Bertz CT molecular complexity index is 433. The van der Waals surface area contributed by atoms with Crippen LogP contribution < -0.4 is 5.32 Å². The third-order valence-corrected chi connectivity index (χ3v) is 3.03. The number of hydrogen-bond acceptors (Lipinski definition) is 4. The lowest BCUT2D eigenvalue weighted by Gasteiger charge is -2.19. The summed E-state index contributed by atoms with van der Waals surface area (Å²) in [6.07, 6.45) is 0.666. The second-order valence-electron chi connectivity index (χ2n) is 4.37. The molecule has 0 saturated heterocycles. The third-order valence-electron chi connectivity index (χ3n) is 3.03. The molecule has 0 saturated carbocycles. The lowest BCUT2D eigenvalue weighted by atomic mass is 9.99. The summed E-state index contributed by atoms with van der Waals surface area (Å²) in [6.45, 7) is 6.92. The Morgan fingerprint density at radius 3 is 2.44 bits per heavy atom. The van der Waals surface area contributed by atoms with E-state index in [4.69, 9.17) is 9.63 Å². The quantitative estimate of drug-likeness (QED) is 0.831. The maximum absolute atomic E-state index is 12.0. The highest BCUT2D eigenvalue weighted by atomic mass is 16.5. The summed E-state index contributed by atoms with van der Waals surface area (Å²) in [5, 5.41) is 15.3. The SMILES string of the molecule is CCC(C)C(NC(=O)c1c(C)noc1C)C(=O)O. The molecule has 1 aromatic heterocycles. The van der Waals surface area contributed by atoms with E-state index in [1.54, 1.807) is 20.8 Å². The lowest BCUT2D eigenvalue weighted by molar-refractivity contribution is -0.140. The molecule has 0 aliphatic heterocycles. The van der Waals surface area contributed by atoms with E-state index >= 15 is 0 Å². The molecular weight excluding hydrogens is 236 g/mol. The second-order valence-corrected chi connectivity index (χ2v) is 4.37. The van der Waals surface area contributed by atoms with Crippen LogP contribution in [0.4, 0.5) is 0 Å². The number of hydrogen-bond donors (Lipinski definition) is 2. The molecule has 0 radical (unpaired) electrons. The van der Waals surface area contributed by atoms with Crippen molar-refractivity contribution in [1.29, 1.82) is 0 Å². The van der Waals surface area contributed by atoms with E-state index in [0.717, 1.165) is 0 Å². The van der Waals surface area contributed by atoms with Crippen LogP contribution >= 0.6 is 0 Å². The molecule has 0 aliphatic rings. The van der Waals surface area contributed by atoms with Crippen LogP contribution in [0.25, 0.3) is 0 Å². The minimum Gasteiger partial charge on any atom is -0.480 e. The smallest absolute Gasteiger partial charge is 0.326 e. The monoisotopic (exact) mass is 254 g/mol. The van der Waals surface area contributed by atoms with E-state index < -0.39 is 17.9 Å². The van der Waals surface area contributed by atoms with Crippen molar-refractivity contribution in [1.82, 2.24) is 10.5 Å². The number of nitrogens with one attached hydrogen (secondary N) is 1. The van der Waals surface area contributed by atoms with Crippen LogP contribution in [-0.4, -0.2) is 28.2 Å². The predicted octanol–water partition coefficient (Wildman–Crippen LogP) is 1.52. The fourth-order valence-electron chi connectivity index (χ4n) is 1.70. The van der Waals surface area contributed by atoms with Crippen LogP contribution in [0, 0.1) is 19.8 Å². The van der Waals surface area contributed by atoms with Crippen molar-refractivity contribution >= 4 is 11.9 Å². The minimum atomic E-state index is -1.04. The van der Waals surface area contributed by atoms with Crippen molar-refractivity contribution in [3.8, 4) is 0 Å². The van der Waals surface area contributed by atoms with Gasteiger partial charge in [-0.1, -0.05) is 25.4 Å². The van der Waals surface area contributed by atoms with Crippen LogP contribution in [0.15, 0.2) is 4.52 Å². The van der Waals surface area contributed by atoms with Gasteiger partial charge >= 0.3 is 5.97 Å². The number of carboxylic acids is 1. The molecular formula is C12H18N2O4. The van der Waals surface area contributed by atoms with Crippen LogP contribution in [0.1, 0.15) is 42.1 Å². The van der Waals surface area contributed by atoms with Crippen LogP contribution in [0.3, 0.4) is 0 Å². The number of carboxylic acid groups (broad SMARTS) is 1. The van der Waals surface area contributed by atoms with E-state index in [1.807, 2.05) is 6.92 Å². The summed E-state index contributed by atoms with van der Waals surface area (Å²) in [6, 6.07) is -0.906. The summed E-state index contributed by atoms with van der Waals surface area (Å²) in [5.74, 6) is -1.26. The van der Waals surface area contributed by atoms with Crippen molar-refractivity contribution in [2.45, 2.75) is 40.2 Å². The van der Waals surface area contributed by atoms with Crippen LogP contribution in [-0.2, 0) is 4.79 Å². The lowest BCUT2D eigenvalue weighted by Crippen LogP contribution is -2.45. The fraction of sp³-hybridized carbons (Fsp3) is 0.583. The topological polar surface area (TPSA) is 92.4 Å². The van der Waals surface area contributed by atoms with E-state index in [1.165, 1.54) is 0 Å². The number of nitrogens with zero attached hydrogens (tertiary/aromatic N) is 1. The summed E-state index contributed by atoms with van der Waals surface area (Å²) < 4.78 is 4.89. The van der Waals surface area contributed by atoms with E-state index in [9.17, 15) is 9.59 Å². The molecule has 18 heavy (non-hydrogen) atoms. The average Bonchev–Trinajstić information content (AvgIpc) is 2.64. The maximum atomic E-state index is 12.0. The molecule has 0 bridgehead atoms. The Hall–Kier alpha value is -1.85. The number of carbonyl (C=O) groups excluding carboxylic acids is 1. The van der Waals surface area contributed by atoms with Gasteiger partial charge in [-0.2, -0.15) is 0 Å². The Balaban J connectivity index is 2.89. The summed E-state index contributed by atoms with van der Waals surface area (Å²) in [7, 11) is 0. The highest BCUT2D eigenvalue weighted by Crippen LogP contribution is 2.14. The highest BCUT2D eigenvalue weighted by Gasteiger charge is 2.28. The number of aliphatic carboxylic acids is 1. The molecule has 6 nitrogen and oxygen atoms in total. The highest BCUT2D eigenvalue weighted by molar-refractivity contribution is 5.98. The largest absolute Gasteiger partial charge is 0.480 e. The molecule has 1 amide bonds. The van der Waals surface area contributed by atoms with Crippen LogP contribution in [0.5, 0.6) is 0 Å². The Kier molecular flexibility index (Phi) is 4.47. The van der Waals surface area contributed by atoms with Gasteiger partial charge in [0.25, 0.3) is 5.91 Å². The predicted molar refractivity (Wildman–Crippen MR) is 64.3 cm³/mol. The molecule has 1 rings (SSSR count). The first-order valence-corrected chi connectivity index (χ1v) is 5.85. The van der Waals surface area contributed by atoms with Crippen molar-refractivity contribution in [2.75, 3.05) is 0 Å². The number of carbonyl (C=O) groups is 2. The average molecular weight is 254 g/mol. The molecule has 100 valence electrons. The first-order chi connectivity index (χ1) is 8.38. The van der Waals surface area contributed by atoms with Gasteiger partial charge in [0.2, 0.25) is 0 Å². The zero-order valence-electron chi connectivity index (χ0n) is 11.0. The van der Waals surface area contributed by atoms with Crippen LogP contribution in [0.2, 0.25) is 0 Å². The van der Waals surface area contributed by atoms with Gasteiger partial charge in [-0.15, -0.1) is 0 Å². The minimum absolute atomic E-state index is 0.146. The van der Waals surface area contributed by atoms with Crippen molar-refractivity contribution < 1.29 is 19.2 Å². The van der Waals surface area contributed by atoms with Gasteiger partial charge in [0.15, 0.2) is 0 Å². The molecule has 0 aromatic carbocycles. The Morgan fingerprint density at radius 2 is 2.06 bits per heavy atom. The molecule has 2 atom stereocenters. The molecule has 0 fully saturated rings. The Morgan fingerprint density at radius 1 is 1.44 bits per heavy atom. The van der Waals surface area contributed by atoms with Gasteiger partial charge in [0.1, 0.15) is 17.4 Å². The summed E-state index contributed by atoms with van der Waals surface area (Å²) in [4.78, 5) is 23.1. The number of aryl methyl sites for hydroxylation is 2. The molecule has 2 unspecified atom stereocenters. The zero-order valence-corrected chi connectivity index (χ0v) is 11.0. The van der Waals surface area contributed by atoms with Crippen molar-refractivity contribution in [2.24, 2.45) is 5.92 Å². The standard InChI is InChI=1S/C12H18N2O4/c1-5-6(2)10(12(16)17)13-11(15)9-7(3)14-18-8(9)4/h6,10H,5H2,1-4H3,(H,13,15)(H,16,17). The maximum Gasteiger partial charge on any atom is 0.326 e. The van der Waals surface area contributed by atoms with Gasteiger partial charge in [-0.3, -0.25) is 4.79 Å². The van der Waals surface area contributed by atoms with Crippen molar-refractivity contribution in [3.63, 3.8) is 0 Å². The molecule has 2 N–H and O–H groups in total. The number of aromatic nitrogens is 1. The first kappa shape index (κ1) is 14.2. The van der Waals surface area contributed by atoms with Gasteiger partial charge < -0.3 is 14.9 Å². The molecule has 6 heteroatoms. The number of amides is 1. The summed E-state index contributed by atoms with van der Waals surface area (Å²) in [5.41, 5.74) is 0.767. The van der Waals surface area contributed by atoms with Crippen molar-refractivity contribution in [3.05, 3.63) is 17.0 Å². The molecule has 0 aliphatic carbocycles. The molecule has 1 heterocycles. The van der Waals surface area contributed by atoms with Gasteiger partial charge in [0, 0.05) is 0 Å². The van der Waals surface area contributed by atoms with Gasteiger partial charge in [-0.25, -0.2) is 4.79 Å². The molecule has 0 spiro atoms. The Labute approximate surface area is 105 Å². The summed E-state index contributed by atoms with van der Waals surface area (Å²) >= 11 is 0. The van der Waals surface area contributed by atoms with Gasteiger partial charge in [0.05, 0.1) is 5.69 Å². The fourth-order valence-corrected chi connectivity index (χ4v) is 1.70. The van der Waals surface area contributed by atoms with E-state index in [2.05, 4.69) is 10.5 Å². The number of rotatable bonds is 5. The normalized spacial score (nSPS) is 14.0.